The van der Waals surface area contributed by atoms with Crippen LogP contribution in [0.1, 0.15) is 32.3 Å². The molecular weight excluding hydrogens is 429 g/mol. The lowest BCUT2D eigenvalue weighted by molar-refractivity contribution is -0.125. The second-order valence-corrected chi connectivity index (χ2v) is 8.60. The number of carbonyl (C=O) groups excluding carboxylic acids is 1. The second kappa shape index (κ2) is 11.1. The average Bonchev–Trinajstić information content (AvgIpc) is 2.89. The van der Waals surface area contributed by atoms with Crippen molar-refractivity contribution in [1.29, 1.82) is 0 Å². The van der Waals surface area contributed by atoms with Crippen molar-refractivity contribution in [3.05, 3.63) is 72.0 Å². The summed E-state index contributed by atoms with van der Waals surface area (Å²) in [7, 11) is 0. The lowest BCUT2D eigenvalue weighted by Gasteiger charge is -2.31. The molecule has 34 heavy (non-hydrogen) atoms. The molecule has 0 unspecified atom stereocenters. The molecule has 4 rings (SSSR count). The molecule has 2 heterocycles. The summed E-state index contributed by atoms with van der Waals surface area (Å²) in [5.41, 5.74) is 3.86. The Hall–Kier alpha value is -3.48. The summed E-state index contributed by atoms with van der Waals surface area (Å²) in [6.45, 7) is 8.35. The predicted molar refractivity (Wildman–Crippen MR) is 134 cm³/mol. The van der Waals surface area contributed by atoms with Gasteiger partial charge in [0.1, 0.15) is 5.82 Å². The van der Waals surface area contributed by atoms with E-state index in [0.29, 0.717) is 12.2 Å². The number of benzene rings is 2. The normalized spacial score (nSPS) is 14.1. The van der Waals surface area contributed by atoms with Crippen LogP contribution in [0, 0.1) is 11.7 Å². The van der Waals surface area contributed by atoms with Crippen LogP contribution in [-0.2, 0) is 11.3 Å². The van der Waals surface area contributed by atoms with Gasteiger partial charge in [0, 0.05) is 49.9 Å². The Bertz CT molecular complexity index is 1060. The Morgan fingerprint density at radius 1 is 0.971 bits per heavy atom. The molecule has 6 nitrogen and oxygen atoms in total. The number of piperidine rings is 1. The molecule has 3 aromatic rings. The zero-order valence-corrected chi connectivity index (χ0v) is 19.9. The molecule has 7 heteroatoms. The maximum absolute atomic E-state index is 13.1. The number of nitrogens with zero attached hydrogens (tertiary/aromatic N) is 4. The van der Waals surface area contributed by atoms with Crippen LogP contribution in [0.2, 0.25) is 0 Å². The Morgan fingerprint density at radius 3 is 2.24 bits per heavy atom. The van der Waals surface area contributed by atoms with E-state index in [1.54, 1.807) is 12.1 Å². The van der Waals surface area contributed by atoms with Gasteiger partial charge in [-0.25, -0.2) is 4.39 Å². The van der Waals surface area contributed by atoms with E-state index in [4.69, 9.17) is 0 Å². The summed E-state index contributed by atoms with van der Waals surface area (Å²) in [5, 5.41) is 11.8. The summed E-state index contributed by atoms with van der Waals surface area (Å²) < 4.78 is 13.1. The van der Waals surface area contributed by atoms with Crippen LogP contribution in [0.15, 0.2) is 60.7 Å². The topological polar surface area (TPSA) is 61.4 Å². The summed E-state index contributed by atoms with van der Waals surface area (Å²) in [4.78, 5) is 17.2. The van der Waals surface area contributed by atoms with E-state index in [2.05, 4.69) is 63.4 Å². The number of aromatic nitrogens is 2. The maximum Gasteiger partial charge on any atom is 0.223 e. The molecule has 1 saturated heterocycles. The van der Waals surface area contributed by atoms with Crippen molar-refractivity contribution in [2.75, 3.05) is 36.0 Å². The van der Waals surface area contributed by atoms with Gasteiger partial charge in [0.05, 0.1) is 5.69 Å². The van der Waals surface area contributed by atoms with Crippen LogP contribution >= 0.6 is 0 Å². The highest BCUT2D eigenvalue weighted by Gasteiger charge is 2.25. The van der Waals surface area contributed by atoms with Crippen molar-refractivity contribution in [2.24, 2.45) is 5.92 Å². The predicted octanol–water partition coefficient (Wildman–Crippen LogP) is 4.66. The first-order valence-corrected chi connectivity index (χ1v) is 12.0. The number of hydrogen-bond donors (Lipinski definition) is 1. The molecule has 1 aliphatic rings. The monoisotopic (exact) mass is 461 g/mol. The number of amides is 1. The van der Waals surface area contributed by atoms with E-state index in [1.807, 2.05) is 12.1 Å². The lowest BCUT2D eigenvalue weighted by atomic mass is 9.96. The van der Waals surface area contributed by atoms with Crippen molar-refractivity contribution < 1.29 is 9.18 Å². The average molecular weight is 462 g/mol. The van der Waals surface area contributed by atoms with E-state index in [0.717, 1.165) is 56.0 Å². The highest BCUT2D eigenvalue weighted by atomic mass is 19.1. The molecule has 0 spiro atoms. The van der Waals surface area contributed by atoms with E-state index < -0.39 is 0 Å². The molecule has 1 fully saturated rings. The molecule has 0 bridgehead atoms. The van der Waals surface area contributed by atoms with Gasteiger partial charge >= 0.3 is 0 Å². The van der Waals surface area contributed by atoms with Crippen LogP contribution in [0.4, 0.5) is 15.9 Å². The SMILES string of the molecule is CCN(CC)c1ccc(CNC(=O)C2CCN(c3ccc(-c4ccc(F)cc4)nn3)CC2)cc1. The zero-order valence-electron chi connectivity index (χ0n) is 19.9. The fourth-order valence-corrected chi connectivity index (χ4v) is 4.39. The van der Waals surface area contributed by atoms with Gasteiger partial charge in [-0.2, -0.15) is 0 Å². The van der Waals surface area contributed by atoms with E-state index in [1.165, 1.54) is 17.8 Å². The molecule has 1 aliphatic heterocycles. The van der Waals surface area contributed by atoms with Gasteiger partial charge in [-0.3, -0.25) is 4.79 Å². The summed E-state index contributed by atoms with van der Waals surface area (Å²) >= 11 is 0. The van der Waals surface area contributed by atoms with Gasteiger partial charge in [0.15, 0.2) is 5.82 Å². The number of halogens is 1. The van der Waals surface area contributed by atoms with Crippen LogP contribution in [0.25, 0.3) is 11.3 Å². The molecule has 178 valence electrons. The first-order valence-electron chi connectivity index (χ1n) is 12.0. The molecule has 0 radical (unpaired) electrons. The van der Waals surface area contributed by atoms with Gasteiger partial charge in [-0.15, -0.1) is 10.2 Å². The highest BCUT2D eigenvalue weighted by molar-refractivity contribution is 5.79. The quantitative estimate of drug-likeness (QED) is 0.529. The molecule has 1 amide bonds. The van der Waals surface area contributed by atoms with Crippen LogP contribution in [0.3, 0.4) is 0 Å². The molecular formula is C27H32FN5O. The van der Waals surface area contributed by atoms with E-state index in [9.17, 15) is 9.18 Å². The summed E-state index contributed by atoms with van der Waals surface area (Å²) in [6, 6.07) is 18.5. The Morgan fingerprint density at radius 2 is 1.65 bits per heavy atom. The largest absolute Gasteiger partial charge is 0.372 e. The highest BCUT2D eigenvalue weighted by Crippen LogP contribution is 2.24. The first-order chi connectivity index (χ1) is 16.6. The molecule has 0 atom stereocenters. The minimum atomic E-state index is -0.270. The van der Waals surface area contributed by atoms with Crippen molar-refractivity contribution in [3.8, 4) is 11.3 Å². The minimum absolute atomic E-state index is 0.0117. The van der Waals surface area contributed by atoms with Crippen molar-refractivity contribution >= 4 is 17.4 Å². The van der Waals surface area contributed by atoms with Crippen LogP contribution in [-0.4, -0.2) is 42.3 Å². The van der Waals surface area contributed by atoms with Crippen molar-refractivity contribution in [3.63, 3.8) is 0 Å². The zero-order chi connectivity index (χ0) is 23.9. The Kier molecular flexibility index (Phi) is 7.72. The van der Waals surface area contributed by atoms with Gasteiger partial charge in [0.2, 0.25) is 5.91 Å². The Balaban J connectivity index is 1.25. The number of anilines is 2. The molecule has 1 aromatic heterocycles. The molecule has 2 aromatic carbocycles. The standard InChI is InChI=1S/C27H32FN5O/c1-3-32(4-2)24-11-5-20(6-12-24)19-29-27(34)22-15-17-33(18-16-22)26-14-13-25(30-31-26)21-7-9-23(28)10-8-21/h5-14,22H,3-4,15-19H2,1-2H3,(H,29,34). The smallest absolute Gasteiger partial charge is 0.223 e. The number of rotatable bonds is 8. The first kappa shape index (κ1) is 23.7. The minimum Gasteiger partial charge on any atom is -0.372 e. The van der Waals surface area contributed by atoms with Gasteiger partial charge in [0.25, 0.3) is 0 Å². The second-order valence-electron chi connectivity index (χ2n) is 8.60. The molecule has 1 N–H and O–H groups in total. The fourth-order valence-electron chi connectivity index (χ4n) is 4.39. The van der Waals surface area contributed by atoms with Gasteiger partial charge in [-0.05, 0) is 80.8 Å². The van der Waals surface area contributed by atoms with Crippen molar-refractivity contribution in [1.82, 2.24) is 15.5 Å². The number of nitrogens with one attached hydrogen (secondary N) is 1. The fraction of sp³-hybridized carbons (Fsp3) is 0.370. The van der Waals surface area contributed by atoms with Crippen LogP contribution < -0.4 is 15.1 Å². The van der Waals surface area contributed by atoms with Crippen LogP contribution in [0.5, 0.6) is 0 Å². The van der Waals surface area contributed by atoms with Gasteiger partial charge < -0.3 is 15.1 Å². The third kappa shape index (κ3) is 5.71. The number of carbonyl (C=O) groups is 1. The third-order valence-electron chi connectivity index (χ3n) is 6.51. The maximum atomic E-state index is 13.1. The summed E-state index contributed by atoms with van der Waals surface area (Å²) in [6.07, 6.45) is 1.57. The summed E-state index contributed by atoms with van der Waals surface area (Å²) in [5.74, 6) is 0.661. The molecule has 0 saturated carbocycles. The van der Waals surface area contributed by atoms with Crippen molar-refractivity contribution in [2.45, 2.75) is 33.2 Å². The molecule has 0 aliphatic carbocycles. The number of hydrogen-bond acceptors (Lipinski definition) is 5. The third-order valence-corrected chi connectivity index (χ3v) is 6.51. The van der Waals surface area contributed by atoms with Gasteiger partial charge in [-0.1, -0.05) is 12.1 Å². The van der Waals surface area contributed by atoms with E-state index in [-0.39, 0.29) is 17.6 Å². The van der Waals surface area contributed by atoms with E-state index >= 15 is 0 Å². The lowest BCUT2D eigenvalue weighted by Crippen LogP contribution is -2.40. The Labute approximate surface area is 200 Å².